The highest BCUT2D eigenvalue weighted by atomic mass is 16.5. The van der Waals surface area contributed by atoms with E-state index in [-0.39, 0.29) is 12.0 Å². The van der Waals surface area contributed by atoms with Gasteiger partial charge in [0.15, 0.2) is 0 Å². The molecule has 1 amide bonds. The van der Waals surface area contributed by atoms with Gasteiger partial charge in [0.2, 0.25) is 5.88 Å². The number of rotatable bonds is 3. The molecule has 1 atom stereocenters. The number of carbonyl (C=O) groups is 1. The quantitative estimate of drug-likeness (QED) is 0.728. The number of aromatic nitrogens is 3. The van der Waals surface area contributed by atoms with Gasteiger partial charge in [-0.1, -0.05) is 24.3 Å². The Balaban J connectivity index is 1.51. The number of aryl methyl sites for hydroxylation is 1. The molecule has 3 heterocycles. The lowest BCUT2D eigenvalue weighted by Gasteiger charge is -2.32. The van der Waals surface area contributed by atoms with Crippen molar-refractivity contribution in [3.05, 3.63) is 60.0 Å². The van der Waals surface area contributed by atoms with Crippen LogP contribution in [0.15, 0.2) is 48.7 Å². The van der Waals surface area contributed by atoms with Crippen molar-refractivity contribution in [3.8, 4) is 5.88 Å². The Labute approximate surface area is 151 Å². The van der Waals surface area contributed by atoms with E-state index in [4.69, 9.17) is 4.74 Å². The topological polar surface area (TPSA) is 68.2 Å². The summed E-state index contributed by atoms with van der Waals surface area (Å²) in [6, 6.07) is 13.4. The number of pyridine rings is 1. The van der Waals surface area contributed by atoms with Crippen molar-refractivity contribution in [2.45, 2.75) is 25.9 Å². The molecule has 0 spiro atoms. The van der Waals surface area contributed by atoms with Crippen LogP contribution in [-0.2, 0) is 0 Å². The summed E-state index contributed by atoms with van der Waals surface area (Å²) in [4.78, 5) is 19.2. The zero-order chi connectivity index (χ0) is 17.9. The van der Waals surface area contributed by atoms with E-state index in [9.17, 15) is 4.79 Å². The van der Waals surface area contributed by atoms with Gasteiger partial charge in [-0.25, -0.2) is 0 Å². The number of fused-ring (bicyclic) bond motifs is 1. The molecule has 26 heavy (non-hydrogen) atoms. The molecule has 1 aliphatic rings. The molecule has 1 unspecified atom stereocenters. The molecule has 1 fully saturated rings. The number of benzene rings is 1. The molecular weight excluding hydrogens is 328 g/mol. The van der Waals surface area contributed by atoms with E-state index in [1.54, 1.807) is 6.20 Å². The molecule has 1 aliphatic heterocycles. The maximum Gasteiger partial charge on any atom is 0.273 e. The van der Waals surface area contributed by atoms with Crippen LogP contribution in [0.1, 0.15) is 29.0 Å². The summed E-state index contributed by atoms with van der Waals surface area (Å²) in [6.07, 6.45) is 3.39. The highest BCUT2D eigenvalue weighted by Gasteiger charge is 2.27. The number of nitrogens with zero attached hydrogens (tertiary/aromatic N) is 4. The number of likely N-dealkylation sites (tertiary alicyclic amines) is 1. The lowest BCUT2D eigenvalue weighted by atomic mass is 10.1. The molecule has 0 N–H and O–H groups in total. The van der Waals surface area contributed by atoms with E-state index in [0.29, 0.717) is 24.7 Å². The number of ether oxygens (including phenoxy) is 1. The first kappa shape index (κ1) is 16.4. The van der Waals surface area contributed by atoms with Crippen LogP contribution in [0.4, 0.5) is 0 Å². The minimum Gasteiger partial charge on any atom is -0.471 e. The van der Waals surface area contributed by atoms with E-state index in [2.05, 4.69) is 15.2 Å². The summed E-state index contributed by atoms with van der Waals surface area (Å²) in [5.41, 5.74) is 1.35. The zero-order valence-electron chi connectivity index (χ0n) is 14.6. The molecule has 3 aromatic rings. The Bertz CT molecular complexity index is 921. The number of hydrogen-bond acceptors (Lipinski definition) is 5. The fraction of sp³-hybridized carbons (Fsp3) is 0.300. The molecule has 132 valence electrons. The van der Waals surface area contributed by atoms with Crippen LogP contribution in [0.2, 0.25) is 0 Å². The van der Waals surface area contributed by atoms with Gasteiger partial charge in [0.05, 0.1) is 12.2 Å². The molecule has 0 saturated carbocycles. The van der Waals surface area contributed by atoms with Gasteiger partial charge in [-0.15, -0.1) is 5.10 Å². The van der Waals surface area contributed by atoms with Gasteiger partial charge in [-0.3, -0.25) is 9.78 Å². The number of carbonyl (C=O) groups excluding carboxylic acids is 1. The Morgan fingerprint density at radius 3 is 2.88 bits per heavy atom. The fourth-order valence-corrected chi connectivity index (χ4v) is 3.28. The smallest absolute Gasteiger partial charge is 0.273 e. The lowest BCUT2D eigenvalue weighted by molar-refractivity contribution is 0.0522. The van der Waals surface area contributed by atoms with Crippen LogP contribution in [0, 0.1) is 6.92 Å². The first-order valence-electron chi connectivity index (χ1n) is 8.81. The zero-order valence-corrected chi connectivity index (χ0v) is 14.6. The summed E-state index contributed by atoms with van der Waals surface area (Å²) >= 11 is 0. The molecule has 0 aliphatic carbocycles. The SMILES string of the molecule is Cc1ccc(OC2CCCN(C(=O)c3nccc4ccccc34)C2)nn1. The third-order valence-electron chi connectivity index (χ3n) is 4.60. The van der Waals surface area contributed by atoms with E-state index >= 15 is 0 Å². The summed E-state index contributed by atoms with van der Waals surface area (Å²) < 4.78 is 5.93. The van der Waals surface area contributed by atoms with Gasteiger partial charge in [0, 0.05) is 24.2 Å². The summed E-state index contributed by atoms with van der Waals surface area (Å²) in [5.74, 6) is 0.447. The van der Waals surface area contributed by atoms with Crippen LogP contribution >= 0.6 is 0 Å². The minimum atomic E-state index is -0.0836. The van der Waals surface area contributed by atoms with E-state index in [1.807, 2.05) is 54.3 Å². The average Bonchev–Trinajstić information content (AvgIpc) is 2.69. The predicted octanol–water partition coefficient (Wildman–Crippen LogP) is 3.02. The second-order valence-electron chi connectivity index (χ2n) is 6.53. The summed E-state index contributed by atoms with van der Waals surface area (Å²) in [6.45, 7) is 3.12. The first-order valence-corrected chi connectivity index (χ1v) is 8.81. The van der Waals surface area contributed by atoms with Crippen LogP contribution in [-0.4, -0.2) is 45.2 Å². The molecular formula is C20H20N4O2. The molecule has 0 bridgehead atoms. The Morgan fingerprint density at radius 2 is 2.04 bits per heavy atom. The normalized spacial score (nSPS) is 17.3. The third-order valence-corrected chi connectivity index (χ3v) is 4.60. The van der Waals surface area contributed by atoms with Gasteiger partial charge in [0.25, 0.3) is 5.91 Å². The third kappa shape index (κ3) is 3.35. The van der Waals surface area contributed by atoms with Gasteiger partial charge >= 0.3 is 0 Å². The minimum absolute atomic E-state index is 0.0508. The second-order valence-corrected chi connectivity index (χ2v) is 6.53. The number of amides is 1. The summed E-state index contributed by atoms with van der Waals surface area (Å²) in [5, 5.41) is 9.97. The number of piperidine rings is 1. The Morgan fingerprint density at radius 1 is 1.15 bits per heavy atom. The second kappa shape index (κ2) is 7.07. The van der Waals surface area contributed by atoms with Crippen molar-refractivity contribution in [2.75, 3.05) is 13.1 Å². The van der Waals surface area contributed by atoms with E-state index in [0.717, 1.165) is 29.3 Å². The average molecular weight is 348 g/mol. The Kier molecular flexibility index (Phi) is 4.48. The molecule has 6 heteroatoms. The molecule has 6 nitrogen and oxygen atoms in total. The van der Waals surface area contributed by atoms with Gasteiger partial charge in [0.1, 0.15) is 11.8 Å². The number of hydrogen-bond donors (Lipinski definition) is 0. The van der Waals surface area contributed by atoms with Crippen molar-refractivity contribution < 1.29 is 9.53 Å². The highest BCUT2D eigenvalue weighted by Crippen LogP contribution is 2.21. The van der Waals surface area contributed by atoms with Crippen LogP contribution in [0.5, 0.6) is 5.88 Å². The van der Waals surface area contributed by atoms with Crippen LogP contribution in [0.25, 0.3) is 10.8 Å². The monoisotopic (exact) mass is 348 g/mol. The van der Waals surface area contributed by atoms with E-state index < -0.39 is 0 Å². The van der Waals surface area contributed by atoms with Crippen molar-refractivity contribution in [3.63, 3.8) is 0 Å². The predicted molar refractivity (Wildman–Crippen MR) is 98.1 cm³/mol. The molecule has 1 saturated heterocycles. The summed E-state index contributed by atoms with van der Waals surface area (Å²) in [7, 11) is 0. The maximum atomic E-state index is 13.0. The molecule has 4 rings (SSSR count). The largest absolute Gasteiger partial charge is 0.471 e. The lowest BCUT2D eigenvalue weighted by Crippen LogP contribution is -2.44. The Hall–Kier alpha value is -3.02. The van der Waals surface area contributed by atoms with Crippen LogP contribution in [0.3, 0.4) is 0 Å². The highest BCUT2D eigenvalue weighted by molar-refractivity contribution is 6.05. The van der Waals surface area contributed by atoms with Gasteiger partial charge in [-0.2, -0.15) is 5.10 Å². The maximum absolute atomic E-state index is 13.0. The molecule has 0 radical (unpaired) electrons. The van der Waals surface area contributed by atoms with Crippen molar-refractivity contribution in [2.24, 2.45) is 0 Å². The van der Waals surface area contributed by atoms with Gasteiger partial charge in [-0.05, 0) is 37.3 Å². The van der Waals surface area contributed by atoms with Crippen LogP contribution < -0.4 is 4.74 Å². The molecule has 2 aromatic heterocycles. The molecule has 1 aromatic carbocycles. The van der Waals surface area contributed by atoms with Crippen molar-refractivity contribution in [1.82, 2.24) is 20.1 Å². The van der Waals surface area contributed by atoms with Crippen molar-refractivity contribution in [1.29, 1.82) is 0 Å². The van der Waals surface area contributed by atoms with Gasteiger partial charge < -0.3 is 9.64 Å². The first-order chi connectivity index (χ1) is 12.7. The van der Waals surface area contributed by atoms with Crippen molar-refractivity contribution >= 4 is 16.7 Å². The van der Waals surface area contributed by atoms with E-state index in [1.165, 1.54) is 0 Å². The fourth-order valence-electron chi connectivity index (χ4n) is 3.28. The standard InChI is InChI=1S/C20H20N4O2/c1-14-8-9-18(23-22-14)26-16-6-4-12-24(13-16)20(25)19-17-7-3-2-5-15(17)10-11-21-19/h2-3,5,7-11,16H,4,6,12-13H2,1H3.